The van der Waals surface area contributed by atoms with Gasteiger partial charge in [0.15, 0.2) is 0 Å². The number of imidazole rings is 1. The first-order valence-corrected chi connectivity index (χ1v) is 5.31. The summed E-state index contributed by atoms with van der Waals surface area (Å²) in [7, 11) is 0. The van der Waals surface area contributed by atoms with Gasteiger partial charge in [0.2, 0.25) is 0 Å². The minimum absolute atomic E-state index is 0.623. The summed E-state index contributed by atoms with van der Waals surface area (Å²) in [6.07, 6.45) is 5.34. The van der Waals surface area contributed by atoms with Gasteiger partial charge in [-0.3, -0.25) is 0 Å². The third-order valence-corrected chi connectivity index (χ3v) is 2.43. The molecule has 0 bridgehead atoms. The fourth-order valence-electron chi connectivity index (χ4n) is 1.52. The largest absolute Gasteiger partial charge is 0.382 e. The van der Waals surface area contributed by atoms with E-state index >= 15 is 0 Å². The van der Waals surface area contributed by atoms with Gasteiger partial charge in [0.1, 0.15) is 11.6 Å². The van der Waals surface area contributed by atoms with Crippen molar-refractivity contribution in [1.29, 1.82) is 0 Å². The second-order valence-electron chi connectivity index (χ2n) is 3.54. The van der Waals surface area contributed by atoms with E-state index in [1.165, 1.54) is 17.5 Å². The molecule has 1 rings (SSSR count). The number of anilines is 1. The Kier molecular flexibility index (Phi) is 3.80. The first-order valence-electron chi connectivity index (χ1n) is 5.31. The summed E-state index contributed by atoms with van der Waals surface area (Å²) >= 11 is 0. The molecule has 1 aromatic heterocycles. The van der Waals surface area contributed by atoms with E-state index in [0.29, 0.717) is 5.82 Å². The van der Waals surface area contributed by atoms with E-state index in [1.54, 1.807) is 0 Å². The first-order chi connectivity index (χ1) is 6.70. The van der Waals surface area contributed by atoms with Crippen molar-refractivity contribution in [3.8, 4) is 0 Å². The molecule has 0 aliphatic rings. The molecule has 14 heavy (non-hydrogen) atoms. The first kappa shape index (κ1) is 10.9. The third-order valence-electron chi connectivity index (χ3n) is 2.43. The van der Waals surface area contributed by atoms with Gasteiger partial charge in [-0.1, -0.05) is 26.7 Å². The molecule has 0 spiro atoms. The summed E-state index contributed by atoms with van der Waals surface area (Å²) < 4.78 is 1.50. The van der Waals surface area contributed by atoms with Crippen LogP contribution in [0.4, 0.5) is 5.82 Å². The van der Waals surface area contributed by atoms with Gasteiger partial charge in [0.05, 0.1) is 5.69 Å². The SMILES string of the molecule is CCCCCc1nc(CC)n(N)c1N. The van der Waals surface area contributed by atoms with Crippen molar-refractivity contribution < 1.29 is 0 Å². The van der Waals surface area contributed by atoms with Gasteiger partial charge in [-0.2, -0.15) is 0 Å². The molecule has 1 aromatic rings. The molecule has 4 nitrogen and oxygen atoms in total. The van der Waals surface area contributed by atoms with Crippen LogP contribution in [0.1, 0.15) is 44.6 Å². The second-order valence-corrected chi connectivity index (χ2v) is 3.54. The van der Waals surface area contributed by atoms with Crippen molar-refractivity contribution in [3.63, 3.8) is 0 Å². The van der Waals surface area contributed by atoms with Gasteiger partial charge >= 0.3 is 0 Å². The lowest BCUT2D eigenvalue weighted by molar-refractivity contribution is 0.709. The summed E-state index contributed by atoms with van der Waals surface area (Å²) in [5.74, 6) is 7.24. The normalized spacial score (nSPS) is 10.7. The van der Waals surface area contributed by atoms with E-state index in [-0.39, 0.29) is 0 Å². The highest BCUT2D eigenvalue weighted by molar-refractivity contribution is 5.38. The fourth-order valence-corrected chi connectivity index (χ4v) is 1.52. The minimum Gasteiger partial charge on any atom is -0.382 e. The summed E-state index contributed by atoms with van der Waals surface area (Å²) in [5.41, 5.74) is 6.79. The average Bonchev–Trinajstić information content (AvgIpc) is 2.46. The zero-order chi connectivity index (χ0) is 10.6. The maximum absolute atomic E-state index is 5.84. The molecule has 0 aromatic carbocycles. The Morgan fingerprint density at radius 3 is 2.50 bits per heavy atom. The maximum atomic E-state index is 5.84. The predicted octanol–water partition coefficient (Wildman–Crippen LogP) is 1.47. The van der Waals surface area contributed by atoms with Crippen LogP contribution in [0, 0.1) is 0 Å². The number of hydrogen-bond acceptors (Lipinski definition) is 3. The summed E-state index contributed by atoms with van der Waals surface area (Å²) in [4.78, 5) is 4.41. The van der Waals surface area contributed by atoms with Crippen molar-refractivity contribution in [1.82, 2.24) is 9.66 Å². The standard InChI is InChI=1S/C10H20N4/c1-3-5-6-7-8-10(11)14(12)9(4-2)13-8/h3-7,11-12H2,1-2H3. The monoisotopic (exact) mass is 196 g/mol. The van der Waals surface area contributed by atoms with Crippen molar-refractivity contribution in [2.24, 2.45) is 0 Å². The highest BCUT2D eigenvalue weighted by atomic mass is 15.4. The molecule has 0 saturated heterocycles. The number of nitrogens with zero attached hydrogens (tertiary/aromatic N) is 2. The predicted molar refractivity (Wildman–Crippen MR) is 59.4 cm³/mol. The molecule has 4 heteroatoms. The number of nitrogen functional groups attached to an aromatic ring is 2. The molecule has 1 heterocycles. The Bertz CT molecular complexity index is 291. The number of rotatable bonds is 5. The van der Waals surface area contributed by atoms with Crippen LogP contribution in [-0.4, -0.2) is 9.66 Å². The Labute approximate surface area is 85.3 Å². The molecule has 0 unspecified atom stereocenters. The van der Waals surface area contributed by atoms with E-state index in [9.17, 15) is 0 Å². The van der Waals surface area contributed by atoms with E-state index in [2.05, 4.69) is 11.9 Å². The van der Waals surface area contributed by atoms with Gasteiger partial charge < -0.3 is 11.6 Å². The summed E-state index contributed by atoms with van der Waals surface area (Å²) in [5, 5.41) is 0. The van der Waals surface area contributed by atoms with Gasteiger partial charge in [-0.15, -0.1) is 0 Å². The molecule has 0 atom stereocenters. The molecule has 0 saturated carbocycles. The van der Waals surface area contributed by atoms with Crippen LogP contribution >= 0.6 is 0 Å². The number of hydrogen-bond donors (Lipinski definition) is 2. The number of unbranched alkanes of at least 4 members (excludes halogenated alkanes) is 2. The number of aromatic nitrogens is 2. The van der Waals surface area contributed by atoms with E-state index in [0.717, 1.165) is 30.8 Å². The van der Waals surface area contributed by atoms with Crippen LogP contribution in [0.2, 0.25) is 0 Å². The fraction of sp³-hybridized carbons (Fsp3) is 0.700. The highest BCUT2D eigenvalue weighted by Crippen LogP contribution is 2.14. The Balaban J connectivity index is 2.67. The third kappa shape index (κ3) is 2.19. The van der Waals surface area contributed by atoms with Crippen LogP contribution in [-0.2, 0) is 12.8 Å². The molecule has 0 aliphatic heterocycles. The van der Waals surface area contributed by atoms with Crippen LogP contribution in [0.3, 0.4) is 0 Å². The lowest BCUT2D eigenvalue weighted by Gasteiger charge is -1.99. The molecule has 0 aliphatic carbocycles. The van der Waals surface area contributed by atoms with Crippen LogP contribution < -0.4 is 11.6 Å². The Morgan fingerprint density at radius 2 is 2.00 bits per heavy atom. The quantitative estimate of drug-likeness (QED) is 0.553. The molecule has 80 valence electrons. The topological polar surface area (TPSA) is 69.9 Å². The lowest BCUT2D eigenvalue weighted by atomic mass is 10.1. The Hall–Kier alpha value is -1.19. The van der Waals surface area contributed by atoms with Gasteiger partial charge in [-0.05, 0) is 12.8 Å². The van der Waals surface area contributed by atoms with Crippen LogP contribution in [0.5, 0.6) is 0 Å². The van der Waals surface area contributed by atoms with Crippen LogP contribution in [0.15, 0.2) is 0 Å². The molecule has 4 N–H and O–H groups in total. The van der Waals surface area contributed by atoms with Gasteiger partial charge in [0.25, 0.3) is 0 Å². The summed E-state index contributed by atoms with van der Waals surface area (Å²) in [6.45, 7) is 4.21. The molecule has 0 fully saturated rings. The zero-order valence-corrected chi connectivity index (χ0v) is 9.08. The summed E-state index contributed by atoms with van der Waals surface area (Å²) in [6, 6.07) is 0. The molecular weight excluding hydrogens is 176 g/mol. The highest BCUT2D eigenvalue weighted by Gasteiger charge is 2.10. The van der Waals surface area contributed by atoms with Crippen molar-refractivity contribution in [2.45, 2.75) is 46.0 Å². The molecule has 0 amide bonds. The van der Waals surface area contributed by atoms with Crippen molar-refractivity contribution in [3.05, 3.63) is 11.5 Å². The Morgan fingerprint density at radius 1 is 1.29 bits per heavy atom. The molecule has 0 radical (unpaired) electrons. The zero-order valence-electron chi connectivity index (χ0n) is 9.08. The van der Waals surface area contributed by atoms with Gasteiger partial charge in [-0.25, -0.2) is 9.66 Å². The van der Waals surface area contributed by atoms with Crippen molar-refractivity contribution in [2.75, 3.05) is 11.6 Å². The maximum Gasteiger partial charge on any atom is 0.145 e. The molecular formula is C10H20N4. The second kappa shape index (κ2) is 4.88. The van der Waals surface area contributed by atoms with Gasteiger partial charge in [0, 0.05) is 6.42 Å². The number of nitrogens with two attached hydrogens (primary N) is 2. The smallest absolute Gasteiger partial charge is 0.145 e. The van der Waals surface area contributed by atoms with Crippen LogP contribution in [0.25, 0.3) is 0 Å². The van der Waals surface area contributed by atoms with E-state index < -0.39 is 0 Å². The van der Waals surface area contributed by atoms with E-state index in [4.69, 9.17) is 11.6 Å². The minimum atomic E-state index is 0.623. The van der Waals surface area contributed by atoms with E-state index in [1.807, 2.05) is 6.92 Å². The average molecular weight is 196 g/mol. The van der Waals surface area contributed by atoms with Crippen molar-refractivity contribution >= 4 is 5.82 Å². The lowest BCUT2D eigenvalue weighted by Crippen LogP contribution is -2.15. The number of aryl methyl sites for hydroxylation is 2.